The molecule has 1 aromatic rings. The predicted octanol–water partition coefficient (Wildman–Crippen LogP) is 2.21. The Bertz CT molecular complexity index is 699. The van der Waals surface area contributed by atoms with Crippen LogP contribution in [0.25, 0.3) is 0 Å². The molecule has 3 rings (SSSR count). The first kappa shape index (κ1) is 22.7. The molecule has 2 aliphatic heterocycles. The molecular formula is C21H32ClN3O3. The predicted molar refractivity (Wildman–Crippen MR) is 113 cm³/mol. The molecule has 28 heavy (non-hydrogen) atoms. The van der Waals surface area contributed by atoms with Gasteiger partial charge in [-0.2, -0.15) is 0 Å². The van der Waals surface area contributed by atoms with Crippen LogP contribution in [0.3, 0.4) is 0 Å². The summed E-state index contributed by atoms with van der Waals surface area (Å²) in [6, 6.07) is 5.96. The number of benzene rings is 1. The Morgan fingerprint density at radius 2 is 2.04 bits per heavy atom. The summed E-state index contributed by atoms with van der Waals surface area (Å²) >= 11 is 0. The lowest BCUT2D eigenvalue weighted by molar-refractivity contribution is -0.127. The van der Waals surface area contributed by atoms with E-state index in [1.54, 1.807) is 12.0 Å². The maximum atomic E-state index is 12.8. The normalized spacial score (nSPS) is 21.3. The van der Waals surface area contributed by atoms with E-state index in [2.05, 4.69) is 10.6 Å². The lowest BCUT2D eigenvalue weighted by atomic mass is 9.79. The van der Waals surface area contributed by atoms with Gasteiger partial charge in [0.25, 0.3) is 0 Å². The Balaban J connectivity index is 0.00000280. The molecule has 2 fully saturated rings. The molecule has 0 spiro atoms. The standard InChI is InChI=1S/C21H31N3O3.ClH/c1-15-5-4-6-18(16(15)2)24-12-17(11-19(24)25)20(26)23-13-21(14-27-3)7-9-22-10-8-21;/h4-6,17,22H,7-14H2,1-3H3,(H,23,26);1H. The number of ether oxygens (including phenoxy) is 1. The van der Waals surface area contributed by atoms with E-state index in [0.717, 1.165) is 42.7 Å². The topological polar surface area (TPSA) is 70.7 Å². The van der Waals surface area contributed by atoms with E-state index in [4.69, 9.17) is 4.74 Å². The summed E-state index contributed by atoms with van der Waals surface area (Å²) in [6.07, 6.45) is 2.25. The maximum Gasteiger partial charge on any atom is 0.227 e. The van der Waals surface area contributed by atoms with E-state index in [1.165, 1.54) is 0 Å². The minimum atomic E-state index is -0.293. The van der Waals surface area contributed by atoms with Gasteiger partial charge in [-0.3, -0.25) is 9.59 Å². The van der Waals surface area contributed by atoms with Crippen molar-refractivity contribution in [3.8, 4) is 0 Å². The number of hydrogen-bond donors (Lipinski definition) is 2. The number of carbonyl (C=O) groups excluding carboxylic acids is 2. The molecule has 0 bridgehead atoms. The van der Waals surface area contributed by atoms with Crippen LogP contribution >= 0.6 is 12.4 Å². The molecule has 0 radical (unpaired) electrons. The number of halogens is 1. The zero-order chi connectivity index (χ0) is 19.4. The zero-order valence-corrected chi connectivity index (χ0v) is 17.9. The van der Waals surface area contributed by atoms with Gasteiger partial charge in [-0.05, 0) is 57.0 Å². The number of rotatable bonds is 6. The molecule has 2 N–H and O–H groups in total. The summed E-state index contributed by atoms with van der Waals surface area (Å²) in [5, 5.41) is 6.47. The van der Waals surface area contributed by atoms with Crippen LogP contribution in [-0.2, 0) is 14.3 Å². The Hall–Kier alpha value is -1.63. The van der Waals surface area contributed by atoms with Crippen molar-refractivity contribution >= 4 is 29.9 Å². The number of methoxy groups -OCH3 is 1. The second kappa shape index (κ2) is 9.72. The number of anilines is 1. The van der Waals surface area contributed by atoms with Gasteiger partial charge >= 0.3 is 0 Å². The fourth-order valence-corrected chi connectivity index (χ4v) is 4.20. The first-order valence-electron chi connectivity index (χ1n) is 9.80. The molecule has 0 saturated carbocycles. The highest BCUT2D eigenvalue weighted by Gasteiger charge is 2.38. The van der Waals surface area contributed by atoms with Crippen molar-refractivity contribution in [3.63, 3.8) is 0 Å². The van der Waals surface area contributed by atoms with E-state index in [1.807, 2.05) is 32.0 Å². The molecular weight excluding hydrogens is 378 g/mol. The smallest absolute Gasteiger partial charge is 0.227 e. The summed E-state index contributed by atoms with van der Waals surface area (Å²) in [5.41, 5.74) is 3.16. The Morgan fingerprint density at radius 1 is 1.32 bits per heavy atom. The molecule has 2 heterocycles. The number of carbonyl (C=O) groups is 2. The van der Waals surface area contributed by atoms with Crippen molar-refractivity contribution in [2.45, 2.75) is 33.1 Å². The molecule has 0 aromatic heterocycles. The van der Waals surface area contributed by atoms with Crippen LogP contribution < -0.4 is 15.5 Å². The first-order chi connectivity index (χ1) is 13.0. The third-order valence-electron chi connectivity index (χ3n) is 6.12. The van der Waals surface area contributed by atoms with Crippen LogP contribution in [0.15, 0.2) is 18.2 Å². The van der Waals surface area contributed by atoms with Crippen LogP contribution in [0.2, 0.25) is 0 Å². The fraction of sp³-hybridized carbons (Fsp3) is 0.619. The molecule has 7 heteroatoms. The third kappa shape index (κ3) is 4.85. The number of amides is 2. The van der Waals surface area contributed by atoms with Crippen LogP contribution in [0, 0.1) is 25.2 Å². The molecule has 2 amide bonds. The zero-order valence-electron chi connectivity index (χ0n) is 17.0. The maximum absolute atomic E-state index is 12.8. The van der Waals surface area contributed by atoms with Crippen molar-refractivity contribution in [1.82, 2.24) is 10.6 Å². The van der Waals surface area contributed by atoms with E-state index < -0.39 is 0 Å². The Kier molecular flexibility index (Phi) is 7.87. The lowest BCUT2D eigenvalue weighted by Gasteiger charge is -2.37. The fourth-order valence-electron chi connectivity index (χ4n) is 4.20. The van der Waals surface area contributed by atoms with Gasteiger partial charge in [0.1, 0.15) is 0 Å². The van der Waals surface area contributed by atoms with Gasteiger partial charge in [0, 0.05) is 37.7 Å². The number of aryl methyl sites for hydroxylation is 1. The van der Waals surface area contributed by atoms with Crippen molar-refractivity contribution < 1.29 is 14.3 Å². The van der Waals surface area contributed by atoms with Gasteiger partial charge in [0.05, 0.1) is 12.5 Å². The van der Waals surface area contributed by atoms with Crippen LogP contribution in [0.5, 0.6) is 0 Å². The van der Waals surface area contributed by atoms with Crippen molar-refractivity contribution in [2.75, 3.05) is 44.8 Å². The highest BCUT2D eigenvalue weighted by atomic mass is 35.5. The highest BCUT2D eigenvalue weighted by molar-refractivity contribution is 6.00. The molecule has 2 aliphatic rings. The molecule has 156 valence electrons. The molecule has 0 aliphatic carbocycles. The lowest BCUT2D eigenvalue weighted by Crippen LogP contribution is -2.48. The second-order valence-electron chi connectivity index (χ2n) is 8.03. The van der Waals surface area contributed by atoms with Crippen LogP contribution in [0.1, 0.15) is 30.4 Å². The first-order valence-corrected chi connectivity index (χ1v) is 9.80. The summed E-state index contributed by atoms with van der Waals surface area (Å²) < 4.78 is 5.42. The van der Waals surface area contributed by atoms with E-state index in [-0.39, 0.29) is 42.0 Å². The Morgan fingerprint density at radius 3 is 2.71 bits per heavy atom. The summed E-state index contributed by atoms with van der Waals surface area (Å²) in [5.74, 6) is -0.291. The highest BCUT2D eigenvalue weighted by Crippen LogP contribution is 2.31. The largest absolute Gasteiger partial charge is 0.384 e. The molecule has 2 saturated heterocycles. The number of nitrogens with one attached hydrogen (secondary N) is 2. The minimum Gasteiger partial charge on any atom is -0.384 e. The SMILES string of the molecule is COCC1(CNC(=O)C2CC(=O)N(c3cccc(C)c3C)C2)CCNCC1.Cl. The van der Waals surface area contributed by atoms with Crippen molar-refractivity contribution in [2.24, 2.45) is 11.3 Å². The van der Waals surface area contributed by atoms with Crippen LogP contribution in [-0.4, -0.2) is 51.7 Å². The van der Waals surface area contributed by atoms with Gasteiger partial charge in [0.2, 0.25) is 11.8 Å². The monoisotopic (exact) mass is 409 g/mol. The molecule has 6 nitrogen and oxygen atoms in total. The van der Waals surface area contributed by atoms with Gasteiger partial charge in [0.15, 0.2) is 0 Å². The minimum absolute atomic E-state index is 0. The molecule has 1 atom stereocenters. The van der Waals surface area contributed by atoms with E-state index in [0.29, 0.717) is 19.7 Å². The van der Waals surface area contributed by atoms with Crippen molar-refractivity contribution in [3.05, 3.63) is 29.3 Å². The van der Waals surface area contributed by atoms with Gasteiger partial charge in [-0.15, -0.1) is 12.4 Å². The number of nitrogens with zero attached hydrogens (tertiary/aromatic N) is 1. The number of piperidine rings is 1. The summed E-state index contributed by atoms with van der Waals surface area (Å²) in [7, 11) is 1.71. The van der Waals surface area contributed by atoms with Crippen molar-refractivity contribution in [1.29, 1.82) is 0 Å². The number of hydrogen-bond acceptors (Lipinski definition) is 4. The van der Waals surface area contributed by atoms with Gasteiger partial charge < -0.3 is 20.3 Å². The average Bonchev–Trinajstić information content (AvgIpc) is 3.05. The van der Waals surface area contributed by atoms with E-state index in [9.17, 15) is 9.59 Å². The quantitative estimate of drug-likeness (QED) is 0.755. The average molecular weight is 410 g/mol. The molecule has 1 aromatic carbocycles. The van der Waals surface area contributed by atoms with Crippen LogP contribution in [0.4, 0.5) is 5.69 Å². The third-order valence-corrected chi connectivity index (χ3v) is 6.12. The second-order valence-corrected chi connectivity index (χ2v) is 8.03. The summed E-state index contributed by atoms with van der Waals surface area (Å²) in [4.78, 5) is 27.1. The Labute approximate surface area is 173 Å². The summed E-state index contributed by atoms with van der Waals surface area (Å²) in [6.45, 7) is 7.66. The molecule has 1 unspecified atom stereocenters. The van der Waals surface area contributed by atoms with Gasteiger partial charge in [-0.25, -0.2) is 0 Å². The van der Waals surface area contributed by atoms with E-state index >= 15 is 0 Å². The van der Waals surface area contributed by atoms with Gasteiger partial charge in [-0.1, -0.05) is 12.1 Å².